The Morgan fingerprint density at radius 2 is 2.32 bits per heavy atom. The molecule has 28 heavy (non-hydrogen) atoms. The molecule has 0 unspecified atom stereocenters. The number of aromatic amines is 1. The molecular formula is C17H16ClN7O2S. The highest BCUT2D eigenvalue weighted by Gasteiger charge is 2.17. The van der Waals surface area contributed by atoms with Gasteiger partial charge >= 0.3 is 0 Å². The minimum absolute atomic E-state index is 0.0968. The van der Waals surface area contributed by atoms with Crippen molar-refractivity contribution in [2.75, 3.05) is 18.9 Å². The summed E-state index contributed by atoms with van der Waals surface area (Å²) in [5, 5.41) is 10.8. The summed E-state index contributed by atoms with van der Waals surface area (Å²) in [6, 6.07) is 5.40. The Morgan fingerprint density at radius 3 is 3.11 bits per heavy atom. The molecule has 0 atom stereocenters. The molecule has 0 fully saturated rings. The number of amides is 1. The quantitative estimate of drug-likeness (QED) is 0.414. The van der Waals surface area contributed by atoms with Crippen molar-refractivity contribution in [1.82, 2.24) is 30.0 Å². The Kier molecular flexibility index (Phi) is 4.88. The second-order valence-electron chi connectivity index (χ2n) is 5.90. The van der Waals surface area contributed by atoms with Crippen LogP contribution in [-0.2, 0) is 4.79 Å². The summed E-state index contributed by atoms with van der Waals surface area (Å²) in [7, 11) is 0. The fourth-order valence-corrected chi connectivity index (χ4v) is 3.77. The van der Waals surface area contributed by atoms with Crippen LogP contribution in [0.25, 0.3) is 27.4 Å². The number of H-pyrrole nitrogens is 1. The predicted molar refractivity (Wildman–Crippen MR) is 108 cm³/mol. The minimum Gasteiger partial charge on any atom is -0.492 e. The molecule has 0 saturated carbocycles. The van der Waals surface area contributed by atoms with Crippen LogP contribution in [0.3, 0.4) is 0 Å². The number of nitrogens with zero attached hydrogens (tertiary/aromatic N) is 4. The third-order valence-corrected chi connectivity index (χ3v) is 5.14. The maximum atomic E-state index is 10.9. The van der Waals surface area contributed by atoms with Crippen LogP contribution < -0.4 is 15.8 Å². The molecule has 11 heteroatoms. The number of anilines is 1. The van der Waals surface area contributed by atoms with Gasteiger partial charge in [-0.3, -0.25) is 14.5 Å². The lowest BCUT2D eigenvalue weighted by Crippen LogP contribution is -2.25. The number of thiazole rings is 1. The second kappa shape index (κ2) is 7.49. The first-order chi connectivity index (χ1) is 13.5. The van der Waals surface area contributed by atoms with Gasteiger partial charge in [-0.1, -0.05) is 22.9 Å². The number of fused-ring (bicyclic) bond motifs is 1. The zero-order valence-electron chi connectivity index (χ0n) is 14.8. The van der Waals surface area contributed by atoms with Crippen LogP contribution in [0.4, 0.5) is 5.13 Å². The Balaban J connectivity index is 1.60. The van der Waals surface area contributed by atoms with Crippen molar-refractivity contribution in [2.24, 2.45) is 0 Å². The van der Waals surface area contributed by atoms with Crippen molar-refractivity contribution in [3.05, 3.63) is 35.7 Å². The summed E-state index contributed by atoms with van der Waals surface area (Å²) in [6.45, 7) is 2.24. The standard InChI is InChI=1S/C17H16ClN7O2S/c1-9(26)21-4-5-27-10-2-3-11(12(18)6-10)13-7-20-8-25(13)16-14-15(23-24-16)22-17(19)28-14/h2-3,6-8H,4-5H2,1H3,(H,21,26)(H3,19,22,23,24). The number of nitrogens with two attached hydrogens (primary N) is 1. The smallest absolute Gasteiger partial charge is 0.216 e. The first kappa shape index (κ1) is 18.3. The van der Waals surface area contributed by atoms with Crippen LogP contribution in [0.1, 0.15) is 6.92 Å². The number of carbonyl (C=O) groups is 1. The fourth-order valence-electron chi connectivity index (χ4n) is 2.74. The Bertz CT molecular complexity index is 1150. The normalized spacial score (nSPS) is 11.1. The van der Waals surface area contributed by atoms with E-state index in [4.69, 9.17) is 22.1 Å². The zero-order chi connectivity index (χ0) is 19.7. The molecule has 4 N–H and O–H groups in total. The zero-order valence-corrected chi connectivity index (χ0v) is 16.3. The number of imidazole rings is 1. The lowest BCUT2D eigenvalue weighted by molar-refractivity contribution is -0.119. The molecule has 4 rings (SSSR count). The fraction of sp³-hybridized carbons (Fsp3) is 0.176. The molecule has 3 heterocycles. The van der Waals surface area contributed by atoms with Crippen LogP contribution in [0.15, 0.2) is 30.7 Å². The molecule has 0 spiro atoms. The summed E-state index contributed by atoms with van der Waals surface area (Å²) in [5.74, 6) is 1.17. The Hall–Kier alpha value is -3.11. The van der Waals surface area contributed by atoms with E-state index in [0.29, 0.717) is 40.5 Å². The van der Waals surface area contributed by atoms with Gasteiger partial charge in [0.15, 0.2) is 16.6 Å². The summed E-state index contributed by atoms with van der Waals surface area (Å²) in [4.78, 5) is 19.3. The molecule has 4 aromatic rings. The number of hydrogen-bond acceptors (Lipinski definition) is 7. The average Bonchev–Trinajstić information content (AvgIpc) is 3.34. The number of benzene rings is 1. The molecule has 3 aromatic heterocycles. The second-order valence-corrected chi connectivity index (χ2v) is 7.34. The maximum Gasteiger partial charge on any atom is 0.216 e. The molecule has 1 aromatic carbocycles. The van der Waals surface area contributed by atoms with E-state index >= 15 is 0 Å². The number of hydrogen-bond donors (Lipinski definition) is 3. The summed E-state index contributed by atoms with van der Waals surface area (Å²) in [6.07, 6.45) is 3.37. The third kappa shape index (κ3) is 3.51. The number of nitrogen functional groups attached to an aromatic ring is 1. The number of carbonyl (C=O) groups excluding carboxylic acids is 1. The van der Waals surface area contributed by atoms with Gasteiger partial charge in [0.05, 0.1) is 23.5 Å². The van der Waals surface area contributed by atoms with E-state index in [1.807, 2.05) is 16.7 Å². The van der Waals surface area contributed by atoms with Crippen molar-refractivity contribution in [1.29, 1.82) is 0 Å². The van der Waals surface area contributed by atoms with Gasteiger partial charge in [0.2, 0.25) is 5.91 Å². The topological polar surface area (TPSA) is 124 Å². The number of aromatic nitrogens is 5. The van der Waals surface area contributed by atoms with Gasteiger partial charge in [-0.25, -0.2) is 9.97 Å². The van der Waals surface area contributed by atoms with E-state index in [9.17, 15) is 4.79 Å². The van der Waals surface area contributed by atoms with Crippen LogP contribution in [0.5, 0.6) is 5.75 Å². The van der Waals surface area contributed by atoms with Gasteiger partial charge < -0.3 is 15.8 Å². The lowest BCUT2D eigenvalue weighted by Gasteiger charge is -2.10. The Labute approximate surface area is 168 Å². The first-order valence-corrected chi connectivity index (χ1v) is 9.52. The van der Waals surface area contributed by atoms with E-state index < -0.39 is 0 Å². The third-order valence-electron chi connectivity index (χ3n) is 3.94. The van der Waals surface area contributed by atoms with E-state index in [2.05, 4.69) is 25.5 Å². The van der Waals surface area contributed by atoms with Gasteiger partial charge in [-0.2, -0.15) is 5.10 Å². The van der Waals surface area contributed by atoms with Crippen LogP contribution in [-0.4, -0.2) is 43.8 Å². The molecule has 1 amide bonds. The summed E-state index contributed by atoms with van der Waals surface area (Å²) in [5.41, 5.74) is 7.97. The average molecular weight is 418 g/mol. The van der Waals surface area contributed by atoms with Crippen LogP contribution in [0.2, 0.25) is 5.02 Å². The molecule has 0 aliphatic carbocycles. The van der Waals surface area contributed by atoms with Crippen molar-refractivity contribution in [2.45, 2.75) is 6.92 Å². The highest BCUT2D eigenvalue weighted by Crippen LogP contribution is 2.34. The van der Waals surface area contributed by atoms with E-state index in [1.54, 1.807) is 18.6 Å². The van der Waals surface area contributed by atoms with Crippen LogP contribution in [0, 0.1) is 0 Å². The highest BCUT2D eigenvalue weighted by molar-refractivity contribution is 7.22. The number of halogens is 1. The monoisotopic (exact) mass is 417 g/mol. The van der Waals surface area contributed by atoms with Gasteiger partial charge in [0, 0.05) is 12.5 Å². The van der Waals surface area contributed by atoms with Crippen molar-refractivity contribution >= 4 is 44.3 Å². The van der Waals surface area contributed by atoms with Gasteiger partial charge in [-0.05, 0) is 18.2 Å². The molecule has 9 nitrogen and oxygen atoms in total. The van der Waals surface area contributed by atoms with Crippen molar-refractivity contribution in [3.8, 4) is 22.8 Å². The maximum absolute atomic E-state index is 10.9. The number of nitrogens with one attached hydrogen (secondary N) is 2. The summed E-state index contributed by atoms with van der Waals surface area (Å²) < 4.78 is 8.28. The van der Waals surface area contributed by atoms with E-state index in [-0.39, 0.29) is 5.91 Å². The highest BCUT2D eigenvalue weighted by atomic mass is 35.5. The molecular weight excluding hydrogens is 402 g/mol. The van der Waals surface area contributed by atoms with Crippen molar-refractivity contribution < 1.29 is 9.53 Å². The first-order valence-electron chi connectivity index (χ1n) is 8.33. The Morgan fingerprint density at radius 1 is 1.46 bits per heavy atom. The molecule has 0 bridgehead atoms. The largest absolute Gasteiger partial charge is 0.492 e. The van der Waals surface area contributed by atoms with Gasteiger partial charge in [0.25, 0.3) is 0 Å². The number of ether oxygens (including phenoxy) is 1. The summed E-state index contributed by atoms with van der Waals surface area (Å²) >= 11 is 7.84. The molecule has 0 aliphatic rings. The molecule has 0 saturated heterocycles. The number of rotatable bonds is 6. The van der Waals surface area contributed by atoms with Crippen molar-refractivity contribution in [3.63, 3.8) is 0 Å². The van der Waals surface area contributed by atoms with E-state index in [0.717, 1.165) is 16.0 Å². The molecule has 144 valence electrons. The van der Waals surface area contributed by atoms with E-state index in [1.165, 1.54) is 18.3 Å². The SMILES string of the molecule is CC(=O)NCCOc1ccc(-c2cncn2-c2n[nH]c3nc(N)sc23)c(Cl)c1. The minimum atomic E-state index is -0.0968. The van der Waals surface area contributed by atoms with Gasteiger partial charge in [-0.15, -0.1) is 0 Å². The van der Waals surface area contributed by atoms with Gasteiger partial charge in [0.1, 0.15) is 23.4 Å². The molecule has 0 radical (unpaired) electrons. The predicted octanol–water partition coefficient (Wildman–Crippen LogP) is 2.62. The van der Waals surface area contributed by atoms with Crippen LogP contribution >= 0.6 is 22.9 Å². The molecule has 0 aliphatic heterocycles. The lowest BCUT2D eigenvalue weighted by atomic mass is 10.1.